The average Bonchev–Trinajstić information content (AvgIpc) is 0.795. The van der Waals surface area contributed by atoms with Crippen LogP contribution >= 0.6 is 0 Å². The first-order valence-electron chi connectivity index (χ1n) is 41.5. The second-order valence-corrected chi connectivity index (χ2v) is 33.6. The largest absolute Gasteiger partial charge is 0.394 e. The highest BCUT2D eigenvalue weighted by Gasteiger charge is 2.36. The van der Waals surface area contributed by atoms with E-state index in [9.17, 15) is 57.6 Å². The second-order valence-electron chi connectivity index (χ2n) is 32.0. The molecule has 0 radical (unpaired) electrons. The van der Waals surface area contributed by atoms with Crippen molar-refractivity contribution in [2.45, 2.75) is 115 Å². The molecule has 630 valence electrons. The average molecular weight is 1660 g/mol. The number of para-hydroxylation sites is 4. The molecular weight excluding hydrogens is 1550 g/mol. The summed E-state index contributed by atoms with van der Waals surface area (Å²) in [5, 5.41) is 65.0. The van der Waals surface area contributed by atoms with Gasteiger partial charge in [-0.05, 0) is 204 Å². The number of aromatic nitrogens is 2. The maximum atomic E-state index is 14.4. The molecule has 0 unspecified atom stereocenters. The lowest BCUT2D eigenvalue weighted by Gasteiger charge is -2.41. The summed E-state index contributed by atoms with van der Waals surface area (Å²) in [4.78, 5) is 67.2. The molecule has 7 aromatic carbocycles. The van der Waals surface area contributed by atoms with Gasteiger partial charge in [0.25, 0.3) is 17.7 Å². The fourth-order valence-electron chi connectivity index (χ4n) is 17.4. The van der Waals surface area contributed by atoms with Gasteiger partial charge in [0.1, 0.15) is 34.7 Å². The van der Waals surface area contributed by atoms with E-state index >= 15 is 0 Å². The van der Waals surface area contributed by atoms with Crippen LogP contribution in [0.2, 0.25) is 0 Å². The Kier molecular flexibility index (Phi) is 28.0. The number of halogens is 2. The number of sulfonamides is 1. The lowest BCUT2D eigenvalue weighted by molar-refractivity contribution is 0.0690. The molecule has 2 aromatic heterocycles. The number of anilines is 9. The molecule has 2 atom stereocenters. The Bertz CT molecular complexity index is 5460. The molecule has 8 heterocycles. The number of rotatable bonds is 18. The zero-order chi connectivity index (χ0) is 85.6. The zero-order valence-electron chi connectivity index (χ0n) is 69.5. The van der Waals surface area contributed by atoms with Crippen LogP contribution in [0.4, 0.5) is 60.2 Å². The number of piperazine rings is 3. The van der Waals surface area contributed by atoms with Gasteiger partial charge in [0.15, 0.2) is 11.6 Å². The predicted octanol–water partition coefficient (Wildman–Crippen LogP) is 12.1. The number of hydrogen-bond acceptors (Lipinski definition) is 21. The summed E-state index contributed by atoms with van der Waals surface area (Å²) in [6.45, 7) is 21.2. The van der Waals surface area contributed by atoms with E-state index in [0.717, 1.165) is 145 Å². The molecule has 28 heteroatoms. The summed E-state index contributed by atoms with van der Waals surface area (Å²) in [5.74, 6) is -0.232. The van der Waals surface area contributed by atoms with Crippen molar-refractivity contribution in [3.05, 3.63) is 249 Å². The summed E-state index contributed by atoms with van der Waals surface area (Å²) in [7, 11) is -3.85. The summed E-state index contributed by atoms with van der Waals surface area (Å²) in [6, 6.07) is 54.7. The highest BCUT2D eigenvalue weighted by atomic mass is 32.2. The van der Waals surface area contributed by atoms with E-state index in [-0.39, 0.29) is 72.4 Å². The number of nitrogens with zero attached hydrogens (tertiary/aromatic N) is 14. The van der Waals surface area contributed by atoms with Crippen LogP contribution in [0.15, 0.2) is 175 Å². The molecule has 0 aliphatic carbocycles. The molecule has 6 fully saturated rings. The molecule has 0 spiro atoms. The normalized spacial score (nSPS) is 17.4. The Balaban J connectivity index is 0.000000157. The summed E-state index contributed by atoms with van der Waals surface area (Å²) in [5.41, 5.74) is 16.5. The number of aliphatic hydroxyl groups is 2. The van der Waals surface area contributed by atoms with Gasteiger partial charge in [0.05, 0.1) is 70.9 Å². The van der Waals surface area contributed by atoms with Gasteiger partial charge in [-0.15, -0.1) is 0 Å². The Morgan fingerprint density at radius 1 is 0.438 bits per heavy atom. The van der Waals surface area contributed by atoms with Crippen LogP contribution in [0, 0.1) is 87.2 Å². The predicted molar refractivity (Wildman–Crippen MR) is 470 cm³/mol. The number of nitriles is 3. The van der Waals surface area contributed by atoms with Crippen LogP contribution in [-0.2, 0) is 10.0 Å². The molecular formula is C93H106F2N18O7S. The van der Waals surface area contributed by atoms with E-state index in [4.69, 9.17) is 5.14 Å². The molecule has 9 aromatic rings. The van der Waals surface area contributed by atoms with Crippen molar-refractivity contribution in [3.63, 3.8) is 0 Å². The van der Waals surface area contributed by atoms with Crippen LogP contribution in [0.5, 0.6) is 0 Å². The van der Waals surface area contributed by atoms with E-state index in [0.29, 0.717) is 104 Å². The van der Waals surface area contributed by atoms with Crippen molar-refractivity contribution in [2.75, 3.05) is 163 Å². The minimum atomic E-state index is -3.85. The smallest absolute Gasteiger partial charge is 0.254 e. The first kappa shape index (κ1) is 86.5. The number of hydrogen-bond donors (Lipinski definition) is 6. The minimum absolute atomic E-state index is 0.0205. The van der Waals surface area contributed by atoms with Crippen molar-refractivity contribution in [3.8, 4) is 18.2 Å². The van der Waals surface area contributed by atoms with Crippen LogP contribution in [0.3, 0.4) is 0 Å². The number of piperidine rings is 3. The van der Waals surface area contributed by atoms with E-state index < -0.39 is 27.7 Å². The third-order valence-electron chi connectivity index (χ3n) is 24.1. The van der Waals surface area contributed by atoms with Crippen LogP contribution in [-0.4, -0.2) is 209 Å². The number of aryl methyl sites for hydroxylation is 6. The van der Waals surface area contributed by atoms with Crippen LogP contribution in [0.25, 0.3) is 0 Å². The zero-order valence-corrected chi connectivity index (χ0v) is 70.3. The molecule has 3 amide bonds. The quantitative estimate of drug-likeness (QED) is 0.0465. The van der Waals surface area contributed by atoms with Gasteiger partial charge < -0.3 is 70.3 Å². The van der Waals surface area contributed by atoms with Crippen molar-refractivity contribution in [2.24, 2.45) is 5.14 Å². The Morgan fingerprint density at radius 2 is 0.802 bits per heavy atom. The number of primary sulfonamides is 1. The summed E-state index contributed by atoms with van der Waals surface area (Å²) >= 11 is 0. The third kappa shape index (κ3) is 20.4. The van der Waals surface area contributed by atoms with Gasteiger partial charge in [0.2, 0.25) is 10.0 Å². The number of amides is 3. The van der Waals surface area contributed by atoms with Gasteiger partial charge in [-0.2, -0.15) is 15.8 Å². The van der Waals surface area contributed by atoms with E-state index in [1.165, 1.54) is 36.7 Å². The Morgan fingerprint density at radius 3 is 1.18 bits per heavy atom. The molecule has 7 N–H and O–H groups in total. The first-order chi connectivity index (χ1) is 58.4. The fraction of sp³-hybridized carbons (Fsp3) is 0.376. The molecule has 0 bridgehead atoms. The van der Waals surface area contributed by atoms with Gasteiger partial charge in [0, 0.05) is 163 Å². The van der Waals surface area contributed by atoms with Crippen molar-refractivity contribution >= 4 is 79.2 Å². The minimum Gasteiger partial charge on any atom is -0.394 e. The van der Waals surface area contributed by atoms with Gasteiger partial charge in [-0.25, -0.2) is 32.3 Å². The highest BCUT2D eigenvalue weighted by molar-refractivity contribution is 7.89. The second kappa shape index (κ2) is 39.2. The number of nitrogens with two attached hydrogens (primary N) is 1. The summed E-state index contributed by atoms with van der Waals surface area (Å²) in [6.07, 6.45) is 8.24. The van der Waals surface area contributed by atoms with Crippen LogP contribution in [0.1, 0.15) is 120 Å². The van der Waals surface area contributed by atoms with Gasteiger partial charge in [-0.1, -0.05) is 66.7 Å². The lowest BCUT2D eigenvalue weighted by Crippen LogP contribution is -2.56. The molecule has 6 saturated heterocycles. The maximum absolute atomic E-state index is 14.4. The monoisotopic (exact) mass is 1660 g/mol. The summed E-state index contributed by atoms with van der Waals surface area (Å²) < 4.78 is 51.9. The van der Waals surface area contributed by atoms with Crippen LogP contribution < -0.4 is 50.5 Å². The number of carbonyl (C=O) groups excluding carboxylic acids is 3. The first-order valence-corrected chi connectivity index (χ1v) is 43.0. The van der Waals surface area contributed by atoms with Gasteiger partial charge in [-0.3, -0.25) is 14.4 Å². The van der Waals surface area contributed by atoms with Gasteiger partial charge >= 0.3 is 0 Å². The number of aliphatic hydroxyl groups excluding tert-OH is 2. The molecule has 6 aliphatic heterocycles. The van der Waals surface area contributed by atoms with E-state index in [2.05, 4.69) is 84.8 Å². The fourth-order valence-corrected chi connectivity index (χ4v) is 18.2. The lowest BCUT2D eigenvalue weighted by atomic mass is 9.99. The van der Waals surface area contributed by atoms with E-state index in [1.54, 1.807) is 39.0 Å². The van der Waals surface area contributed by atoms with Crippen molar-refractivity contribution in [1.29, 1.82) is 15.8 Å². The van der Waals surface area contributed by atoms with Crippen molar-refractivity contribution in [1.82, 2.24) is 24.7 Å². The third-order valence-corrected chi connectivity index (χ3v) is 25.1. The SMILES string of the molecule is Cc1cc(C)c(C(=O)N2CCN(c3ccc(F)cn3)[C@@H](CO)C2)cc1NC1CCN(c2ccccc2C#N)CC1.Cc1cc(C)c(C(=O)N2CCN(c3ccccc3S(N)(=O)=O)CC2)cc1NC1CCN(c2ccccc2C#N)CC1.Cc1cc(C)c(C(=O)N2CCN(c3ncccc3F)[C@@H](CO)C2)cc1NC1CCN(c2ccccc2C#N)CC1. The number of benzene rings is 7. The Hall–Kier alpha value is -12.4. The molecule has 0 saturated carbocycles. The number of pyridine rings is 2. The molecule has 15 rings (SSSR count). The Labute approximate surface area is 707 Å². The molecule has 6 aliphatic rings. The molecule has 25 nitrogen and oxygen atoms in total. The topological polar surface area (TPSA) is 314 Å². The number of nitrogens with one attached hydrogen (secondary N) is 3. The standard InChI is InChI=1S/2C31H35FN6O2.C31H36N6O3S/c1-21-16-22(2)28(35-24-9-12-36(13-10-24)29-8-4-3-6-23(29)18-33)17-26(21)31(40)37-14-15-38(25(19-37)20-39)30-27(32)7-5-11-34-30;1-21-15-22(2)28(35-25-9-11-36(12-10-25)29-6-4-3-5-23(29)17-33)16-27(21)31(40)37-13-14-38(26(19-37)20-39)30-8-7-24(32)18-34-30;1-22-19-23(2)27(34-25-11-13-35(14-12-25)28-8-4-3-7-24(28)21-32)20-26(22)31(38)37-17-15-36(16-18-37)29-9-5-6-10-30(29)41(33,39)40/h3-8,11,16-17,24-25,35,39H,9-10,12-15,19-20H2,1-2H3;3-8,15-16,18,25-26,35,39H,9-14,19-20H2,1-2H3;3-10,19-20,25,34H,11-18H2,1-2H3,(H2,33,39,40)/t25-;26-;/m11./s1. The molecule has 121 heavy (non-hydrogen) atoms. The number of carbonyl (C=O) groups is 3. The van der Waals surface area contributed by atoms with Crippen molar-refractivity contribution < 1.29 is 41.8 Å². The van der Waals surface area contributed by atoms with E-state index in [1.807, 2.05) is 139 Å². The highest BCUT2D eigenvalue weighted by Crippen LogP contribution is 2.35. The maximum Gasteiger partial charge on any atom is 0.254 e.